The largest absolute Gasteiger partial charge is 0.390 e. The third kappa shape index (κ3) is 2.19. The Morgan fingerprint density at radius 3 is 2.55 bits per heavy atom. The monoisotopic (exact) mass is 410 g/mol. The summed E-state index contributed by atoms with van der Waals surface area (Å²) in [6.07, 6.45) is 0.427. The second-order valence-electron chi connectivity index (χ2n) is 9.84. The van der Waals surface area contributed by atoms with Gasteiger partial charge in [-0.1, -0.05) is 19.9 Å². The number of ketones is 2. The van der Waals surface area contributed by atoms with E-state index in [9.17, 15) is 24.9 Å². The van der Waals surface area contributed by atoms with Crippen LogP contribution in [0.4, 0.5) is 8.78 Å². The summed E-state index contributed by atoms with van der Waals surface area (Å²) in [5.74, 6) is -3.24. The van der Waals surface area contributed by atoms with Gasteiger partial charge in [-0.05, 0) is 55.7 Å². The summed E-state index contributed by atoms with van der Waals surface area (Å²) in [5, 5.41) is 31.9. The van der Waals surface area contributed by atoms with Gasteiger partial charge in [-0.3, -0.25) is 9.59 Å². The third-order valence-electron chi connectivity index (χ3n) is 8.78. The van der Waals surface area contributed by atoms with Gasteiger partial charge in [-0.2, -0.15) is 0 Å². The van der Waals surface area contributed by atoms with Crippen molar-refractivity contribution in [3.05, 3.63) is 23.8 Å². The molecule has 0 heterocycles. The van der Waals surface area contributed by atoms with Crippen molar-refractivity contribution in [1.29, 1.82) is 0 Å². The van der Waals surface area contributed by atoms with Crippen LogP contribution in [-0.4, -0.2) is 57.0 Å². The van der Waals surface area contributed by atoms with Crippen molar-refractivity contribution >= 4 is 11.6 Å². The first-order chi connectivity index (χ1) is 13.4. The minimum atomic E-state index is -2.24. The molecule has 9 atom stereocenters. The number of hydrogen-bond acceptors (Lipinski definition) is 5. The van der Waals surface area contributed by atoms with E-state index in [1.54, 1.807) is 13.8 Å². The molecule has 0 aliphatic heterocycles. The standard InChI is InChI=1S/C22H28F2O5/c1-11-6-13-14-8-16(23)15-7-12(26)4-5-19(15,2)21(14,24)17(27)9-20(13,3)22(11,29)18(28)10-25/h4-5,7,11,13-14,16-17,25,27,29H,6,8-10H2,1-3H3/t11-,13-,14-,16-,17-,19+,20-,21-,22-/m0/s1. The Labute approximate surface area is 168 Å². The van der Waals surface area contributed by atoms with Gasteiger partial charge in [0.1, 0.15) is 18.4 Å². The van der Waals surface area contributed by atoms with Crippen LogP contribution >= 0.6 is 0 Å². The van der Waals surface area contributed by atoms with Crippen LogP contribution in [0.2, 0.25) is 0 Å². The zero-order valence-electron chi connectivity index (χ0n) is 16.9. The van der Waals surface area contributed by atoms with Gasteiger partial charge in [0.25, 0.3) is 0 Å². The maximum atomic E-state index is 16.9. The highest BCUT2D eigenvalue weighted by Crippen LogP contribution is 2.70. The summed E-state index contributed by atoms with van der Waals surface area (Å²) in [5.41, 5.74) is -6.81. The number of carbonyl (C=O) groups is 2. The van der Waals surface area contributed by atoms with Crippen LogP contribution < -0.4 is 0 Å². The normalized spacial score (nSPS) is 53.7. The first kappa shape index (κ1) is 20.8. The molecule has 0 aromatic rings. The highest BCUT2D eigenvalue weighted by molar-refractivity contribution is 6.01. The van der Waals surface area contributed by atoms with Crippen molar-refractivity contribution in [2.45, 2.75) is 63.6 Å². The van der Waals surface area contributed by atoms with Crippen LogP contribution in [0.3, 0.4) is 0 Å². The Morgan fingerprint density at radius 2 is 1.93 bits per heavy atom. The Balaban J connectivity index is 1.87. The maximum absolute atomic E-state index is 16.9. The quantitative estimate of drug-likeness (QED) is 0.646. The number of Topliss-reactive ketones (excluding diaryl/α,β-unsaturated/α-hetero) is 1. The molecule has 4 aliphatic carbocycles. The molecule has 29 heavy (non-hydrogen) atoms. The predicted molar refractivity (Wildman–Crippen MR) is 100 cm³/mol. The van der Waals surface area contributed by atoms with E-state index in [-0.39, 0.29) is 24.8 Å². The Hall–Kier alpha value is -1.44. The van der Waals surface area contributed by atoms with E-state index in [4.69, 9.17) is 0 Å². The molecule has 4 aliphatic rings. The number of fused-ring (bicyclic) bond motifs is 5. The lowest BCUT2D eigenvalue weighted by Gasteiger charge is -2.63. The summed E-state index contributed by atoms with van der Waals surface area (Å²) in [4.78, 5) is 24.3. The number of rotatable bonds is 2. The van der Waals surface area contributed by atoms with E-state index in [1.807, 2.05) is 0 Å². The Kier molecular flexibility index (Phi) is 4.34. The number of hydrogen-bond donors (Lipinski definition) is 3. The highest BCUT2D eigenvalue weighted by atomic mass is 19.1. The topological polar surface area (TPSA) is 94.8 Å². The van der Waals surface area contributed by atoms with Crippen molar-refractivity contribution in [3.63, 3.8) is 0 Å². The van der Waals surface area contributed by atoms with Crippen LogP contribution in [0.5, 0.6) is 0 Å². The van der Waals surface area contributed by atoms with Crippen LogP contribution in [0, 0.1) is 28.6 Å². The van der Waals surface area contributed by atoms with Gasteiger partial charge in [-0.15, -0.1) is 0 Å². The molecule has 0 saturated heterocycles. The molecule has 4 rings (SSSR count). The SMILES string of the molecule is C[C@H]1C[C@H]2[C@@H]3C[C@H](F)C4=CC(=O)C=C[C@@]4(C)[C@@]3(F)[C@@H](O)C[C@]2(C)[C@@]1(O)C(=O)CO. The average molecular weight is 410 g/mol. The number of allylic oxidation sites excluding steroid dienone is 4. The van der Waals surface area contributed by atoms with E-state index in [0.29, 0.717) is 0 Å². The summed E-state index contributed by atoms with van der Waals surface area (Å²) in [7, 11) is 0. The molecule has 3 saturated carbocycles. The molecule has 0 radical (unpaired) electrons. The van der Waals surface area contributed by atoms with Crippen LogP contribution in [0.1, 0.15) is 40.0 Å². The van der Waals surface area contributed by atoms with Crippen LogP contribution in [0.25, 0.3) is 0 Å². The highest BCUT2D eigenvalue weighted by Gasteiger charge is 2.76. The summed E-state index contributed by atoms with van der Waals surface area (Å²) in [6.45, 7) is 3.96. The minimum Gasteiger partial charge on any atom is -0.390 e. The van der Waals surface area contributed by atoms with Gasteiger partial charge in [0.15, 0.2) is 17.2 Å². The Bertz CT molecular complexity index is 839. The van der Waals surface area contributed by atoms with Crippen LogP contribution in [0.15, 0.2) is 23.8 Å². The smallest absolute Gasteiger partial charge is 0.190 e. The van der Waals surface area contributed by atoms with Gasteiger partial charge in [0.2, 0.25) is 0 Å². The molecule has 0 aromatic carbocycles. The fourth-order valence-corrected chi connectivity index (χ4v) is 7.25. The summed E-state index contributed by atoms with van der Waals surface area (Å²) < 4.78 is 32.1. The molecule has 0 bridgehead atoms. The van der Waals surface area contributed by atoms with Crippen molar-refractivity contribution in [3.8, 4) is 0 Å². The Morgan fingerprint density at radius 1 is 1.28 bits per heavy atom. The van der Waals surface area contributed by atoms with E-state index in [2.05, 4.69) is 0 Å². The van der Waals surface area contributed by atoms with Crippen molar-refractivity contribution in [1.82, 2.24) is 0 Å². The van der Waals surface area contributed by atoms with Gasteiger partial charge in [-0.25, -0.2) is 8.78 Å². The van der Waals surface area contributed by atoms with Gasteiger partial charge in [0, 0.05) is 16.7 Å². The van der Waals surface area contributed by atoms with Crippen LogP contribution in [-0.2, 0) is 9.59 Å². The number of carbonyl (C=O) groups excluding carboxylic acids is 2. The first-order valence-electron chi connectivity index (χ1n) is 10.2. The zero-order chi connectivity index (χ0) is 21.6. The molecule has 0 amide bonds. The van der Waals surface area contributed by atoms with E-state index < -0.39 is 70.3 Å². The molecule has 7 heteroatoms. The second-order valence-corrected chi connectivity index (χ2v) is 9.84. The number of aliphatic hydroxyl groups is 3. The number of halogens is 2. The fourth-order valence-electron chi connectivity index (χ4n) is 7.25. The zero-order valence-corrected chi connectivity index (χ0v) is 16.9. The number of aliphatic hydroxyl groups excluding tert-OH is 2. The van der Waals surface area contributed by atoms with Crippen molar-refractivity contribution in [2.24, 2.45) is 28.6 Å². The maximum Gasteiger partial charge on any atom is 0.190 e. The van der Waals surface area contributed by atoms with Crippen molar-refractivity contribution < 1.29 is 33.7 Å². The molecule has 160 valence electrons. The lowest BCUT2D eigenvalue weighted by molar-refractivity contribution is -0.223. The molecular formula is C22H28F2O5. The molecule has 5 nitrogen and oxygen atoms in total. The molecule has 0 unspecified atom stereocenters. The number of alkyl halides is 2. The lowest BCUT2D eigenvalue weighted by atomic mass is 9.44. The van der Waals surface area contributed by atoms with Gasteiger partial charge >= 0.3 is 0 Å². The molecule has 3 fully saturated rings. The lowest BCUT2D eigenvalue weighted by Crippen LogP contribution is -2.70. The van der Waals surface area contributed by atoms with E-state index >= 15 is 8.78 Å². The molecular weight excluding hydrogens is 382 g/mol. The third-order valence-corrected chi connectivity index (χ3v) is 8.78. The fraction of sp³-hybridized carbons (Fsp3) is 0.727. The predicted octanol–water partition coefficient (Wildman–Crippen LogP) is 1.84. The summed E-state index contributed by atoms with van der Waals surface area (Å²) >= 11 is 0. The minimum absolute atomic E-state index is 0.0409. The average Bonchev–Trinajstić information content (AvgIpc) is 2.86. The van der Waals surface area contributed by atoms with Gasteiger partial charge < -0.3 is 15.3 Å². The van der Waals surface area contributed by atoms with E-state index in [1.165, 1.54) is 19.1 Å². The van der Waals surface area contributed by atoms with E-state index in [0.717, 1.165) is 6.08 Å². The second kappa shape index (κ2) is 6.05. The first-order valence-corrected chi connectivity index (χ1v) is 10.2. The molecule has 0 aromatic heterocycles. The van der Waals surface area contributed by atoms with Gasteiger partial charge in [0.05, 0.1) is 6.10 Å². The molecule has 0 spiro atoms. The summed E-state index contributed by atoms with van der Waals surface area (Å²) in [6, 6.07) is 0. The molecule has 3 N–H and O–H groups in total. The van der Waals surface area contributed by atoms with Crippen molar-refractivity contribution in [2.75, 3.05) is 6.61 Å².